The fourth-order valence-electron chi connectivity index (χ4n) is 2.02. The molecule has 0 aliphatic heterocycles. The molecule has 28 heavy (non-hydrogen) atoms. The van der Waals surface area contributed by atoms with E-state index < -0.39 is 22.5 Å². The lowest BCUT2D eigenvalue weighted by Gasteiger charge is -2.12. The van der Waals surface area contributed by atoms with E-state index in [0.717, 1.165) is 4.31 Å². The van der Waals surface area contributed by atoms with E-state index in [0.29, 0.717) is 11.4 Å². The monoisotopic (exact) mass is 406 g/mol. The third kappa shape index (κ3) is 6.25. The van der Waals surface area contributed by atoms with E-state index in [1.54, 1.807) is 18.2 Å². The number of nitrogens with zero attached hydrogens (tertiary/aromatic N) is 2. The highest BCUT2D eigenvalue weighted by Gasteiger charge is 2.17. The minimum atomic E-state index is -3.59. The highest BCUT2D eigenvalue weighted by molar-refractivity contribution is 7.89. The molecule has 0 atom stereocenters. The predicted octanol–water partition coefficient (Wildman–Crippen LogP) is 1.24. The molecule has 0 heterocycles. The lowest BCUT2D eigenvalue weighted by atomic mass is 10.3. The first-order chi connectivity index (χ1) is 13.3. The molecule has 0 aliphatic carbocycles. The summed E-state index contributed by atoms with van der Waals surface area (Å²) in [5, 5.41) is 6.14. The Morgan fingerprint density at radius 1 is 1.11 bits per heavy atom. The smallest absolute Gasteiger partial charge is 0.265 e. The van der Waals surface area contributed by atoms with E-state index >= 15 is 0 Å². The highest BCUT2D eigenvalue weighted by atomic mass is 32.2. The second-order valence-corrected chi connectivity index (χ2v) is 7.97. The van der Waals surface area contributed by atoms with Gasteiger partial charge in [0.15, 0.2) is 12.4 Å². The molecule has 150 valence electrons. The van der Waals surface area contributed by atoms with Crippen LogP contribution in [0.5, 0.6) is 5.75 Å². The third-order valence-corrected chi connectivity index (χ3v) is 5.21. The van der Waals surface area contributed by atoms with Crippen molar-refractivity contribution in [1.29, 1.82) is 0 Å². The summed E-state index contributed by atoms with van der Waals surface area (Å²) >= 11 is 0. The van der Waals surface area contributed by atoms with Crippen LogP contribution in [-0.2, 0) is 19.7 Å². The molecule has 10 heteroatoms. The summed E-state index contributed by atoms with van der Waals surface area (Å²) in [5.74, 6) is 0.182. The maximum absolute atomic E-state index is 12.1. The second-order valence-electron chi connectivity index (χ2n) is 5.82. The molecule has 2 aromatic rings. The molecule has 2 aromatic carbocycles. The summed E-state index contributed by atoms with van der Waals surface area (Å²) in [6.45, 7) is -0.382. The van der Waals surface area contributed by atoms with Crippen LogP contribution in [-0.4, -0.2) is 51.8 Å². The van der Waals surface area contributed by atoms with Crippen LogP contribution in [0.15, 0.2) is 64.6 Å². The van der Waals surface area contributed by atoms with E-state index in [-0.39, 0.29) is 17.3 Å². The average Bonchev–Trinajstić information content (AvgIpc) is 2.67. The Morgan fingerprint density at radius 2 is 1.82 bits per heavy atom. The van der Waals surface area contributed by atoms with Crippen molar-refractivity contribution in [3.63, 3.8) is 0 Å². The Labute approximate surface area is 163 Å². The van der Waals surface area contributed by atoms with Crippen molar-refractivity contribution in [2.24, 2.45) is 10.9 Å². The van der Waals surface area contributed by atoms with Crippen molar-refractivity contribution in [2.45, 2.75) is 4.90 Å². The van der Waals surface area contributed by atoms with Crippen LogP contribution in [0.25, 0.3) is 0 Å². The van der Waals surface area contributed by atoms with Crippen LogP contribution in [0.2, 0.25) is 0 Å². The van der Waals surface area contributed by atoms with Crippen molar-refractivity contribution in [3.8, 4) is 5.75 Å². The first kappa shape index (κ1) is 21.2. The number of ether oxygens (including phenoxy) is 1. The zero-order valence-corrected chi connectivity index (χ0v) is 16.3. The Balaban J connectivity index is 1.84. The van der Waals surface area contributed by atoms with Gasteiger partial charge >= 0.3 is 0 Å². The highest BCUT2D eigenvalue weighted by Crippen LogP contribution is 2.17. The standard InChI is InChI=1S/C18H22N4O5S/c1-22(2)28(24,25)16-10-6-7-14(11-16)20-18(23)13-27-21-17(19)12-26-15-8-4-3-5-9-15/h3-11H,12-13H2,1-2H3,(H2,19,21)(H,20,23). The maximum atomic E-state index is 12.1. The van der Waals surface area contributed by atoms with Crippen molar-refractivity contribution < 1.29 is 22.8 Å². The van der Waals surface area contributed by atoms with Gasteiger partial charge in [-0.1, -0.05) is 29.4 Å². The van der Waals surface area contributed by atoms with E-state index in [9.17, 15) is 13.2 Å². The SMILES string of the molecule is CN(C)S(=O)(=O)c1cccc(NC(=O)CO/N=C(/N)COc2ccccc2)c1. The molecule has 0 saturated heterocycles. The van der Waals surface area contributed by atoms with Crippen LogP contribution >= 0.6 is 0 Å². The van der Waals surface area contributed by atoms with Gasteiger partial charge in [-0.05, 0) is 30.3 Å². The second kappa shape index (κ2) is 9.72. The number of nitrogens with two attached hydrogens (primary N) is 1. The van der Waals surface area contributed by atoms with E-state index in [1.165, 1.54) is 32.3 Å². The summed E-state index contributed by atoms with van der Waals surface area (Å²) in [6, 6.07) is 14.9. The molecule has 0 unspecified atom stereocenters. The molecular weight excluding hydrogens is 384 g/mol. The molecule has 0 radical (unpaired) electrons. The summed E-state index contributed by atoms with van der Waals surface area (Å²) in [4.78, 5) is 16.9. The zero-order valence-electron chi connectivity index (χ0n) is 15.5. The minimum absolute atomic E-state index is 0.00999. The summed E-state index contributed by atoms with van der Waals surface area (Å²) in [7, 11) is -0.736. The fraction of sp³-hybridized carbons (Fsp3) is 0.222. The molecular formula is C18H22N4O5S. The van der Waals surface area contributed by atoms with Crippen LogP contribution in [0.3, 0.4) is 0 Å². The van der Waals surface area contributed by atoms with Gasteiger partial charge in [0.25, 0.3) is 5.91 Å². The third-order valence-electron chi connectivity index (χ3n) is 3.40. The predicted molar refractivity (Wildman–Crippen MR) is 105 cm³/mol. The van der Waals surface area contributed by atoms with Crippen LogP contribution < -0.4 is 15.8 Å². The molecule has 0 aliphatic rings. The molecule has 9 nitrogen and oxygen atoms in total. The number of carbonyl (C=O) groups is 1. The first-order valence-corrected chi connectivity index (χ1v) is 9.67. The van der Waals surface area contributed by atoms with E-state index in [4.69, 9.17) is 15.3 Å². The Hall–Kier alpha value is -3.11. The quantitative estimate of drug-likeness (QED) is 0.367. The number of carbonyl (C=O) groups excluding carboxylic acids is 1. The van der Waals surface area contributed by atoms with Gasteiger partial charge < -0.3 is 20.6 Å². The molecule has 0 spiro atoms. The largest absolute Gasteiger partial charge is 0.486 e. The van der Waals surface area contributed by atoms with Crippen molar-refractivity contribution in [1.82, 2.24) is 4.31 Å². The van der Waals surface area contributed by atoms with Gasteiger partial charge in [-0.2, -0.15) is 0 Å². The average molecular weight is 406 g/mol. The topological polar surface area (TPSA) is 123 Å². The summed E-state index contributed by atoms with van der Waals surface area (Å²) < 4.78 is 30.7. The molecule has 1 amide bonds. The molecule has 3 N–H and O–H groups in total. The van der Waals surface area contributed by atoms with Crippen molar-refractivity contribution in [3.05, 3.63) is 54.6 Å². The molecule has 2 rings (SSSR count). The van der Waals surface area contributed by atoms with Gasteiger partial charge in [-0.25, -0.2) is 12.7 Å². The number of amidine groups is 1. The Morgan fingerprint density at radius 3 is 2.50 bits per heavy atom. The maximum Gasteiger partial charge on any atom is 0.265 e. The number of para-hydroxylation sites is 1. The lowest BCUT2D eigenvalue weighted by Crippen LogP contribution is -2.24. The number of rotatable bonds is 9. The number of benzene rings is 2. The summed E-state index contributed by atoms with van der Waals surface area (Å²) in [6.07, 6.45) is 0. The fourth-order valence-corrected chi connectivity index (χ4v) is 2.96. The van der Waals surface area contributed by atoms with Gasteiger partial charge in [-0.3, -0.25) is 4.79 Å². The molecule has 0 fully saturated rings. The Bertz CT molecular complexity index is 930. The van der Waals surface area contributed by atoms with Gasteiger partial charge in [0.1, 0.15) is 12.4 Å². The van der Waals surface area contributed by atoms with Crippen molar-refractivity contribution in [2.75, 3.05) is 32.6 Å². The minimum Gasteiger partial charge on any atom is -0.486 e. The molecule has 0 saturated carbocycles. The number of oxime groups is 1. The number of hydrogen-bond donors (Lipinski definition) is 2. The number of sulfonamides is 1. The normalized spacial score (nSPS) is 11.9. The number of hydrogen-bond acceptors (Lipinski definition) is 6. The number of anilines is 1. The van der Waals surface area contributed by atoms with Crippen LogP contribution in [0.1, 0.15) is 0 Å². The van der Waals surface area contributed by atoms with Gasteiger partial charge in [0, 0.05) is 19.8 Å². The van der Waals surface area contributed by atoms with E-state index in [2.05, 4.69) is 10.5 Å². The van der Waals surface area contributed by atoms with Gasteiger partial charge in [-0.15, -0.1) is 0 Å². The van der Waals surface area contributed by atoms with Crippen LogP contribution in [0.4, 0.5) is 5.69 Å². The zero-order chi connectivity index (χ0) is 20.6. The van der Waals surface area contributed by atoms with Crippen molar-refractivity contribution >= 4 is 27.5 Å². The summed E-state index contributed by atoms with van der Waals surface area (Å²) in [5.41, 5.74) is 5.97. The lowest BCUT2D eigenvalue weighted by molar-refractivity contribution is -0.120. The number of amides is 1. The Kier molecular flexibility index (Phi) is 7.36. The molecule has 0 aromatic heterocycles. The first-order valence-electron chi connectivity index (χ1n) is 8.23. The number of nitrogens with one attached hydrogen (secondary N) is 1. The van der Waals surface area contributed by atoms with Crippen LogP contribution in [0, 0.1) is 0 Å². The van der Waals surface area contributed by atoms with Gasteiger partial charge in [0.2, 0.25) is 10.0 Å². The molecule has 0 bridgehead atoms. The van der Waals surface area contributed by atoms with Gasteiger partial charge in [0.05, 0.1) is 4.90 Å². The van der Waals surface area contributed by atoms with E-state index in [1.807, 2.05) is 18.2 Å².